The van der Waals surface area contributed by atoms with Gasteiger partial charge in [0.15, 0.2) is 5.82 Å². The summed E-state index contributed by atoms with van der Waals surface area (Å²) in [7, 11) is 0. The van der Waals surface area contributed by atoms with Crippen molar-refractivity contribution >= 4 is 5.82 Å². The molecule has 4 heteroatoms. The number of rotatable bonds is 1. The molecule has 1 atom stereocenters. The molecule has 86 valence electrons. The Labute approximate surface area is 95.2 Å². The van der Waals surface area contributed by atoms with E-state index in [9.17, 15) is 0 Å². The Morgan fingerprint density at radius 1 is 1.12 bits per heavy atom. The van der Waals surface area contributed by atoms with Gasteiger partial charge >= 0.3 is 0 Å². The van der Waals surface area contributed by atoms with E-state index in [1.807, 2.05) is 0 Å². The summed E-state index contributed by atoms with van der Waals surface area (Å²) in [5.41, 5.74) is 8.33. The number of nitrogens with zero attached hydrogens (tertiary/aromatic N) is 2. The van der Waals surface area contributed by atoms with Crippen molar-refractivity contribution in [2.24, 2.45) is 0 Å². The molecule has 2 N–H and O–H groups in total. The second-order valence-corrected chi connectivity index (χ2v) is 4.60. The standard InChI is InChI=1S/C12H17N3O/c13-11-8-4-1-2-5-9(8)14-12(15-11)10-6-3-7-16-10/h10H,1-7H2,(H2,13,14,15). The molecule has 0 amide bonds. The summed E-state index contributed by atoms with van der Waals surface area (Å²) in [6.07, 6.45) is 6.71. The van der Waals surface area contributed by atoms with Crippen LogP contribution in [0.2, 0.25) is 0 Å². The highest BCUT2D eigenvalue weighted by atomic mass is 16.5. The Morgan fingerprint density at radius 2 is 2.00 bits per heavy atom. The van der Waals surface area contributed by atoms with E-state index in [0.717, 1.165) is 43.8 Å². The second kappa shape index (κ2) is 4.01. The number of nitrogen functional groups attached to an aromatic ring is 1. The summed E-state index contributed by atoms with van der Waals surface area (Å²) < 4.78 is 5.60. The lowest BCUT2D eigenvalue weighted by atomic mass is 9.96. The number of aryl methyl sites for hydroxylation is 1. The molecule has 0 bridgehead atoms. The van der Waals surface area contributed by atoms with Crippen LogP contribution in [0.1, 0.15) is 48.9 Å². The van der Waals surface area contributed by atoms with Crippen LogP contribution in [0.15, 0.2) is 0 Å². The lowest BCUT2D eigenvalue weighted by Gasteiger charge is -2.18. The van der Waals surface area contributed by atoms with Crippen molar-refractivity contribution in [3.8, 4) is 0 Å². The van der Waals surface area contributed by atoms with Crippen molar-refractivity contribution in [3.63, 3.8) is 0 Å². The highest BCUT2D eigenvalue weighted by Crippen LogP contribution is 2.30. The smallest absolute Gasteiger partial charge is 0.159 e. The minimum atomic E-state index is 0.0783. The van der Waals surface area contributed by atoms with Gasteiger partial charge < -0.3 is 10.5 Å². The van der Waals surface area contributed by atoms with E-state index in [-0.39, 0.29) is 6.10 Å². The maximum Gasteiger partial charge on any atom is 0.159 e. The molecule has 1 unspecified atom stereocenters. The first kappa shape index (κ1) is 10.0. The molecule has 0 saturated carbocycles. The summed E-state index contributed by atoms with van der Waals surface area (Å²) in [6, 6.07) is 0. The minimum absolute atomic E-state index is 0.0783. The zero-order valence-corrected chi connectivity index (χ0v) is 9.41. The molecule has 2 aliphatic rings. The van der Waals surface area contributed by atoms with Crippen molar-refractivity contribution in [1.29, 1.82) is 0 Å². The maximum absolute atomic E-state index is 6.00. The van der Waals surface area contributed by atoms with Gasteiger partial charge in [-0.2, -0.15) is 0 Å². The van der Waals surface area contributed by atoms with Gasteiger partial charge in [0, 0.05) is 17.9 Å². The maximum atomic E-state index is 6.00. The lowest BCUT2D eigenvalue weighted by Crippen LogP contribution is -2.15. The van der Waals surface area contributed by atoms with Gasteiger partial charge in [0.1, 0.15) is 11.9 Å². The molecule has 1 aliphatic carbocycles. The topological polar surface area (TPSA) is 61.0 Å². The predicted molar refractivity (Wildman–Crippen MR) is 61.0 cm³/mol. The fourth-order valence-corrected chi connectivity index (χ4v) is 2.57. The molecule has 1 aromatic rings. The highest BCUT2D eigenvalue weighted by molar-refractivity contribution is 5.43. The van der Waals surface area contributed by atoms with E-state index < -0.39 is 0 Å². The summed E-state index contributed by atoms with van der Waals surface area (Å²) in [4.78, 5) is 9.05. The van der Waals surface area contributed by atoms with Crippen LogP contribution in [0.25, 0.3) is 0 Å². The quantitative estimate of drug-likeness (QED) is 0.782. The fraction of sp³-hybridized carbons (Fsp3) is 0.667. The Balaban J connectivity index is 1.97. The first-order chi connectivity index (χ1) is 7.84. The number of hydrogen-bond donors (Lipinski definition) is 1. The zero-order valence-electron chi connectivity index (χ0n) is 9.41. The van der Waals surface area contributed by atoms with Gasteiger partial charge in [0.25, 0.3) is 0 Å². The monoisotopic (exact) mass is 219 g/mol. The van der Waals surface area contributed by atoms with E-state index >= 15 is 0 Å². The zero-order chi connectivity index (χ0) is 11.0. The van der Waals surface area contributed by atoms with Crippen LogP contribution in [0.5, 0.6) is 0 Å². The summed E-state index contributed by atoms with van der Waals surface area (Å²) >= 11 is 0. The molecular weight excluding hydrogens is 202 g/mol. The average Bonchev–Trinajstić information content (AvgIpc) is 2.82. The highest BCUT2D eigenvalue weighted by Gasteiger charge is 2.24. The van der Waals surface area contributed by atoms with Crippen molar-refractivity contribution < 1.29 is 4.74 Å². The van der Waals surface area contributed by atoms with Crippen LogP contribution in [0.4, 0.5) is 5.82 Å². The first-order valence-electron chi connectivity index (χ1n) is 6.11. The number of anilines is 1. The molecule has 3 rings (SSSR count). The minimum Gasteiger partial charge on any atom is -0.383 e. The molecule has 1 fully saturated rings. The Bertz CT molecular complexity index is 399. The molecule has 4 nitrogen and oxygen atoms in total. The molecule has 1 aromatic heterocycles. The number of aromatic nitrogens is 2. The normalized spacial score (nSPS) is 24.4. The van der Waals surface area contributed by atoms with Crippen LogP contribution in [-0.2, 0) is 17.6 Å². The van der Waals surface area contributed by atoms with E-state index in [2.05, 4.69) is 9.97 Å². The molecule has 1 aliphatic heterocycles. The van der Waals surface area contributed by atoms with Crippen LogP contribution in [-0.4, -0.2) is 16.6 Å². The summed E-state index contributed by atoms with van der Waals surface area (Å²) in [6.45, 7) is 0.824. The van der Waals surface area contributed by atoms with Gasteiger partial charge in [-0.1, -0.05) is 0 Å². The second-order valence-electron chi connectivity index (χ2n) is 4.60. The van der Waals surface area contributed by atoms with Gasteiger partial charge in [-0.15, -0.1) is 0 Å². The third kappa shape index (κ3) is 1.67. The number of nitrogens with two attached hydrogens (primary N) is 1. The van der Waals surface area contributed by atoms with E-state index in [0.29, 0.717) is 5.82 Å². The van der Waals surface area contributed by atoms with E-state index in [1.54, 1.807) is 0 Å². The molecule has 16 heavy (non-hydrogen) atoms. The summed E-state index contributed by atoms with van der Waals surface area (Å²) in [5.74, 6) is 1.48. The first-order valence-corrected chi connectivity index (χ1v) is 6.11. The van der Waals surface area contributed by atoms with Crippen molar-refractivity contribution in [1.82, 2.24) is 9.97 Å². The van der Waals surface area contributed by atoms with Gasteiger partial charge in [-0.3, -0.25) is 0 Å². The van der Waals surface area contributed by atoms with E-state index in [1.165, 1.54) is 18.4 Å². The van der Waals surface area contributed by atoms with Crippen molar-refractivity contribution in [3.05, 3.63) is 17.1 Å². The van der Waals surface area contributed by atoms with Crippen molar-refractivity contribution in [2.45, 2.75) is 44.6 Å². The van der Waals surface area contributed by atoms with E-state index in [4.69, 9.17) is 10.5 Å². The molecule has 2 heterocycles. The predicted octanol–water partition coefficient (Wildman–Crippen LogP) is 1.79. The Morgan fingerprint density at radius 3 is 2.81 bits per heavy atom. The Hall–Kier alpha value is -1.16. The average molecular weight is 219 g/mol. The molecule has 0 radical (unpaired) electrons. The largest absolute Gasteiger partial charge is 0.383 e. The van der Waals surface area contributed by atoms with Gasteiger partial charge in [0.05, 0.1) is 0 Å². The number of ether oxygens (including phenoxy) is 1. The van der Waals surface area contributed by atoms with Crippen LogP contribution in [0.3, 0.4) is 0 Å². The number of fused-ring (bicyclic) bond motifs is 1. The summed E-state index contributed by atoms with van der Waals surface area (Å²) in [5, 5.41) is 0. The van der Waals surface area contributed by atoms with Gasteiger partial charge in [0.2, 0.25) is 0 Å². The van der Waals surface area contributed by atoms with Gasteiger partial charge in [-0.05, 0) is 38.5 Å². The van der Waals surface area contributed by atoms with Gasteiger partial charge in [-0.25, -0.2) is 9.97 Å². The SMILES string of the molecule is Nc1nc(C2CCCO2)nc2c1CCCC2. The van der Waals surface area contributed by atoms with Crippen LogP contribution >= 0.6 is 0 Å². The van der Waals surface area contributed by atoms with Crippen LogP contribution < -0.4 is 5.73 Å². The molecule has 0 spiro atoms. The third-order valence-corrected chi connectivity index (χ3v) is 3.45. The molecule has 1 saturated heterocycles. The third-order valence-electron chi connectivity index (χ3n) is 3.45. The van der Waals surface area contributed by atoms with Crippen molar-refractivity contribution in [2.75, 3.05) is 12.3 Å². The number of hydrogen-bond acceptors (Lipinski definition) is 4. The lowest BCUT2D eigenvalue weighted by molar-refractivity contribution is 0.105. The fourth-order valence-electron chi connectivity index (χ4n) is 2.57. The molecular formula is C12H17N3O. The van der Waals surface area contributed by atoms with Crippen LogP contribution in [0, 0.1) is 0 Å². The Kier molecular flexibility index (Phi) is 2.52. The molecule has 0 aromatic carbocycles.